The van der Waals surface area contributed by atoms with Gasteiger partial charge < -0.3 is 20.4 Å². The Labute approximate surface area is 194 Å². The normalized spacial score (nSPS) is 22.1. The summed E-state index contributed by atoms with van der Waals surface area (Å²) >= 11 is 0. The Morgan fingerprint density at radius 1 is 0.970 bits per heavy atom. The van der Waals surface area contributed by atoms with Gasteiger partial charge in [0.2, 0.25) is 0 Å². The molecule has 1 aromatic heterocycles. The standard InChI is InChI=1S/C26H34N4O3/c1-4-10-20-21(26(33)30(28-20)19-11-8-7-9-12-19)22-24(31)23(25(22)32)27-17-13-15-18(16-14-17)29(5-2)6-3/h7-9,11-16,22-25,27-28,31-32H,4-6,10H2,1-3H3. The van der Waals surface area contributed by atoms with Crippen LogP contribution in [-0.2, 0) is 6.42 Å². The first kappa shape index (κ1) is 23.1. The first-order valence-corrected chi connectivity index (χ1v) is 11.9. The first-order valence-electron chi connectivity index (χ1n) is 11.9. The molecule has 2 unspecified atom stereocenters. The van der Waals surface area contributed by atoms with Gasteiger partial charge in [0.05, 0.1) is 23.9 Å². The summed E-state index contributed by atoms with van der Waals surface area (Å²) in [5.41, 5.74) is 3.74. The fraction of sp³-hybridized carbons (Fsp3) is 0.423. The van der Waals surface area contributed by atoms with Gasteiger partial charge in [-0.15, -0.1) is 0 Å². The van der Waals surface area contributed by atoms with E-state index in [1.807, 2.05) is 61.5 Å². The number of nitrogens with one attached hydrogen (secondary N) is 2. The number of rotatable bonds is 9. The lowest BCUT2D eigenvalue weighted by Gasteiger charge is -2.46. The van der Waals surface area contributed by atoms with Gasteiger partial charge in [0.1, 0.15) is 0 Å². The highest BCUT2D eigenvalue weighted by Gasteiger charge is 2.52. The summed E-state index contributed by atoms with van der Waals surface area (Å²) in [6.45, 7) is 8.15. The number of aromatic amines is 1. The average Bonchev–Trinajstić information content (AvgIpc) is 3.15. The van der Waals surface area contributed by atoms with E-state index in [1.54, 1.807) is 0 Å². The fourth-order valence-electron chi connectivity index (χ4n) is 4.81. The molecule has 0 saturated heterocycles. The summed E-state index contributed by atoms with van der Waals surface area (Å²) in [5, 5.41) is 28.4. The minimum Gasteiger partial charge on any atom is -0.390 e. The van der Waals surface area contributed by atoms with Crippen molar-refractivity contribution in [3.63, 3.8) is 0 Å². The zero-order valence-electron chi connectivity index (χ0n) is 19.5. The maximum Gasteiger partial charge on any atom is 0.275 e. The van der Waals surface area contributed by atoms with Gasteiger partial charge >= 0.3 is 0 Å². The number of H-pyrrole nitrogens is 1. The lowest BCUT2D eigenvalue weighted by atomic mass is 9.69. The molecule has 1 aliphatic rings. The maximum absolute atomic E-state index is 13.3. The van der Waals surface area contributed by atoms with Gasteiger partial charge in [-0.1, -0.05) is 31.5 Å². The van der Waals surface area contributed by atoms with E-state index < -0.39 is 24.2 Å². The van der Waals surface area contributed by atoms with Crippen molar-refractivity contribution < 1.29 is 10.2 Å². The van der Waals surface area contributed by atoms with E-state index in [0.717, 1.165) is 42.3 Å². The number of aryl methyl sites for hydroxylation is 1. The van der Waals surface area contributed by atoms with E-state index in [1.165, 1.54) is 4.68 Å². The van der Waals surface area contributed by atoms with Crippen LogP contribution in [0.4, 0.5) is 11.4 Å². The molecule has 176 valence electrons. The van der Waals surface area contributed by atoms with Crippen molar-refractivity contribution in [3.8, 4) is 5.69 Å². The Morgan fingerprint density at radius 3 is 2.18 bits per heavy atom. The first-order chi connectivity index (χ1) is 16.0. The van der Waals surface area contributed by atoms with Crippen LogP contribution in [-0.4, -0.2) is 51.3 Å². The number of aliphatic hydroxyl groups excluding tert-OH is 2. The molecule has 1 heterocycles. The smallest absolute Gasteiger partial charge is 0.275 e. The van der Waals surface area contributed by atoms with E-state index >= 15 is 0 Å². The molecule has 4 N–H and O–H groups in total. The Balaban J connectivity index is 1.55. The van der Waals surface area contributed by atoms with E-state index in [4.69, 9.17) is 0 Å². The van der Waals surface area contributed by atoms with Crippen LogP contribution in [0.15, 0.2) is 59.4 Å². The second kappa shape index (κ2) is 9.85. The molecule has 1 aliphatic carbocycles. The molecule has 1 fully saturated rings. The van der Waals surface area contributed by atoms with E-state index in [2.05, 4.69) is 29.2 Å². The number of benzene rings is 2. The molecule has 4 rings (SSSR count). The molecule has 0 bridgehead atoms. The van der Waals surface area contributed by atoms with Crippen molar-refractivity contribution in [2.75, 3.05) is 23.3 Å². The molecule has 33 heavy (non-hydrogen) atoms. The maximum atomic E-state index is 13.3. The summed E-state index contributed by atoms with van der Waals surface area (Å²) in [6, 6.07) is 16.8. The largest absolute Gasteiger partial charge is 0.390 e. The average molecular weight is 451 g/mol. The molecule has 1 saturated carbocycles. The second-order valence-corrected chi connectivity index (χ2v) is 8.63. The predicted octanol–water partition coefficient (Wildman–Crippen LogP) is 3.26. The molecule has 0 spiro atoms. The minimum atomic E-state index is -0.870. The van der Waals surface area contributed by atoms with Crippen molar-refractivity contribution >= 4 is 11.4 Å². The molecule has 0 amide bonds. The van der Waals surface area contributed by atoms with Crippen LogP contribution in [0.2, 0.25) is 0 Å². The Hall–Kier alpha value is -3.03. The van der Waals surface area contributed by atoms with Crippen LogP contribution >= 0.6 is 0 Å². The molecule has 2 aromatic carbocycles. The van der Waals surface area contributed by atoms with E-state index in [-0.39, 0.29) is 5.56 Å². The van der Waals surface area contributed by atoms with Crippen molar-refractivity contribution in [2.24, 2.45) is 0 Å². The molecular formula is C26H34N4O3. The summed E-state index contributed by atoms with van der Waals surface area (Å²) in [6.07, 6.45) is -0.219. The van der Waals surface area contributed by atoms with Gasteiger partial charge in [0.15, 0.2) is 0 Å². The highest BCUT2D eigenvalue weighted by atomic mass is 16.3. The highest BCUT2D eigenvalue weighted by Crippen LogP contribution is 2.40. The molecule has 0 radical (unpaired) electrons. The number of aromatic nitrogens is 2. The number of hydrogen-bond acceptors (Lipinski definition) is 5. The number of para-hydroxylation sites is 1. The van der Waals surface area contributed by atoms with Crippen LogP contribution in [0, 0.1) is 0 Å². The van der Waals surface area contributed by atoms with E-state index in [9.17, 15) is 15.0 Å². The lowest BCUT2D eigenvalue weighted by molar-refractivity contribution is -0.0668. The molecular weight excluding hydrogens is 416 g/mol. The van der Waals surface area contributed by atoms with Crippen molar-refractivity contribution in [3.05, 3.63) is 76.2 Å². The van der Waals surface area contributed by atoms with Crippen molar-refractivity contribution in [1.29, 1.82) is 0 Å². The molecule has 3 aromatic rings. The number of hydrogen-bond donors (Lipinski definition) is 4. The summed E-state index contributed by atoms with van der Waals surface area (Å²) < 4.78 is 1.51. The molecule has 2 atom stereocenters. The van der Waals surface area contributed by atoms with Crippen LogP contribution < -0.4 is 15.8 Å². The van der Waals surface area contributed by atoms with Gasteiger partial charge in [-0.2, -0.15) is 0 Å². The van der Waals surface area contributed by atoms with E-state index in [0.29, 0.717) is 12.0 Å². The van der Waals surface area contributed by atoms with Gasteiger partial charge in [0.25, 0.3) is 5.56 Å². The van der Waals surface area contributed by atoms with Crippen molar-refractivity contribution in [1.82, 2.24) is 9.78 Å². The lowest BCUT2D eigenvalue weighted by Crippen LogP contribution is -2.62. The zero-order chi connectivity index (χ0) is 23.5. The summed E-state index contributed by atoms with van der Waals surface area (Å²) in [5.74, 6) is -0.632. The van der Waals surface area contributed by atoms with Crippen molar-refractivity contribution in [2.45, 2.75) is 57.8 Å². The molecule has 7 nitrogen and oxygen atoms in total. The molecule has 7 heteroatoms. The Kier molecular flexibility index (Phi) is 6.91. The zero-order valence-corrected chi connectivity index (χ0v) is 19.5. The topological polar surface area (TPSA) is 93.5 Å². The summed E-state index contributed by atoms with van der Waals surface area (Å²) in [4.78, 5) is 15.6. The van der Waals surface area contributed by atoms with Crippen LogP contribution in [0.5, 0.6) is 0 Å². The third-order valence-corrected chi connectivity index (χ3v) is 6.65. The van der Waals surface area contributed by atoms with Crippen LogP contribution in [0.3, 0.4) is 0 Å². The third kappa shape index (κ3) is 4.30. The quantitative estimate of drug-likeness (QED) is 0.402. The number of nitrogens with zero attached hydrogens (tertiary/aromatic N) is 2. The number of anilines is 2. The van der Waals surface area contributed by atoms with Gasteiger partial charge in [0, 0.05) is 41.6 Å². The predicted molar refractivity (Wildman–Crippen MR) is 133 cm³/mol. The monoisotopic (exact) mass is 450 g/mol. The molecule has 0 aliphatic heterocycles. The summed E-state index contributed by atoms with van der Waals surface area (Å²) in [7, 11) is 0. The van der Waals surface area contributed by atoms with Gasteiger partial charge in [-0.3, -0.25) is 9.89 Å². The second-order valence-electron chi connectivity index (χ2n) is 8.63. The SMILES string of the molecule is CCCc1[nH]n(-c2ccccc2)c(=O)c1C1C(O)C(Nc2ccc(N(CC)CC)cc2)C1O. The van der Waals surface area contributed by atoms with Crippen LogP contribution in [0.25, 0.3) is 5.69 Å². The van der Waals surface area contributed by atoms with Gasteiger partial charge in [-0.25, -0.2) is 4.68 Å². The number of aliphatic hydroxyl groups is 2. The minimum absolute atomic E-state index is 0.213. The van der Waals surface area contributed by atoms with Gasteiger partial charge in [-0.05, 0) is 56.7 Å². The Morgan fingerprint density at radius 2 is 1.61 bits per heavy atom. The third-order valence-electron chi connectivity index (χ3n) is 6.65. The fourth-order valence-corrected chi connectivity index (χ4v) is 4.81. The van der Waals surface area contributed by atoms with Crippen LogP contribution in [0.1, 0.15) is 44.4 Å². The Bertz CT molecular complexity index is 1090. The highest BCUT2D eigenvalue weighted by molar-refractivity contribution is 5.56.